The summed E-state index contributed by atoms with van der Waals surface area (Å²) in [4.78, 5) is 33.9. The van der Waals surface area contributed by atoms with Crippen LogP contribution in [-0.4, -0.2) is 36.0 Å². The van der Waals surface area contributed by atoms with Gasteiger partial charge in [-0.25, -0.2) is 4.39 Å². The first-order valence-electron chi connectivity index (χ1n) is 8.39. The number of nitrogens with zero attached hydrogens (tertiary/aromatic N) is 1. The number of alkyl halides is 3. The Balaban J connectivity index is 2.03. The number of carbonyl (C=O) groups excluding carboxylic acids is 2. The Morgan fingerprint density at radius 1 is 1.13 bits per heavy atom. The zero-order valence-electron chi connectivity index (χ0n) is 15.5. The van der Waals surface area contributed by atoms with Crippen molar-refractivity contribution in [1.29, 1.82) is 0 Å². The minimum Gasteiger partial charge on any atom is -0.376 e. The Morgan fingerprint density at radius 2 is 1.77 bits per heavy atom. The second-order valence-electron chi connectivity index (χ2n) is 6.13. The molecule has 0 aliphatic rings. The molecule has 0 saturated carbocycles. The van der Waals surface area contributed by atoms with Gasteiger partial charge in [0.1, 0.15) is 12.4 Å². The number of nitro groups is 1. The highest BCUT2D eigenvalue weighted by Gasteiger charge is 2.28. The first kappa shape index (κ1) is 22.6. The van der Waals surface area contributed by atoms with Gasteiger partial charge in [-0.3, -0.25) is 19.7 Å². The standard InChI is InChI=1S/C18H16F4N4O4/c1-10-14(19)6-11(17(28)24-9-18(20,21)22)7-15(10)23-8-16(27)25-12-2-4-13(5-3-12)26(29)30/h2-7,23H,8-9H2,1H3,(H,24,28)(H,25,27). The Labute approximate surface area is 167 Å². The first-order valence-corrected chi connectivity index (χ1v) is 8.39. The molecule has 2 rings (SSSR count). The molecule has 0 atom stereocenters. The molecule has 0 unspecified atom stereocenters. The molecule has 30 heavy (non-hydrogen) atoms. The second kappa shape index (κ2) is 9.20. The van der Waals surface area contributed by atoms with Gasteiger partial charge in [-0.2, -0.15) is 13.2 Å². The highest BCUT2D eigenvalue weighted by atomic mass is 19.4. The fourth-order valence-electron chi connectivity index (χ4n) is 2.32. The van der Waals surface area contributed by atoms with Crippen molar-refractivity contribution in [3.05, 3.63) is 63.5 Å². The average Bonchev–Trinajstić information content (AvgIpc) is 2.67. The molecule has 0 bridgehead atoms. The number of amides is 2. The van der Waals surface area contributed by atoms with E-state index < -0.39 is 35.3 Å². The molecule has 0 aliphatic carbocycles. The smallest absolute Gasteiger partial charge is 0.376 e. The molecule has 12 heteroatoms. The lowest BCUT2D eigenvalue weighted by atomic mass is 10.1. The summed E-state index contributed by atoms with van der Waals surface area (Å²) in [6, 6.07) is 6.97. The van der Waals surface area contributed by atoms with Crippen LogP contribution in [0.15, 0.2) is 36.4 Å². The maximum absolute atomic E-state index is 14.1. The number of hydrogen-bond donors (Lipinski definition) is 3. The molecular formula is C18H16F4N4O4. The van der Waals surface area contributed by atoms with Crippen molar-refractivity contribution >= 4 is 28.9 Å². The van der Waals surface area contributed by atoms with Gasteiger partial charge in [-0.05, 0) is 31.2 Å². The van der Waals surface area contributed by atoms with Crippen LogP contribution in [0.3, 0.4) is 0 Å². The summed E-state index contributed by atoms with van der Waals surface area (Å²) >= 11 is 0. The predicted octanol–water partition coefficient (Wildman–Crippen LogP) is 3.39. The van der Waals surface area contributed by atoms with E-state index in [9.17, 15) is 37.3 Å². The SMILES string of the molecule is Cc1c(F)cc(C(=O)NCC(F)(F)F)cc1NCC(=O)Nc1ccc([N+](=O)[O-])cc1. The number of carbonyl (C=O) groups is 2. The number of hydrogen-bond acceptors (Lipinski definition) is 5. The summed E-state index contributed by atoms with van der Waals surface area (Å²) in [6.07, 6.45) is -4.62. The van der Waals surface area contributed by atoms with Crippen molar-refractivity contribution in [1.82, 2.24) is 5.32 Å². The van der Waals surface area contributed by atoms with E-state index in [2.05, 4.69) is 10.6 Å². The summed E-state index contributed by atoms with van der Waals surface area (Å²) in [5.74, 6) is -2.53. The van der Waals surface area contributed by atoms with E-state index in [0.29, 0.717) is 0 Å². The number of rotatable bonds is 7. The van der Waals surface area contributed by atoms with Crippen molar-refractivity contribution in [3.63, 3.8) is 0 Å². The molecular weight excluding hydrogens is 412 g/mol. The molecule has 3 N–H and O–H groups in total. The van der Waals surface area contributed by atoms with Crippen LogP contribution in [0, 0.1) is 22.9 Å². The molecule has 160 valence electrons. The normalized spacial score (nSPS) is 11.0. The number of non-ortho nitro benzene ring substituents is 1. The summed E-state index contributed by atoms with van der Waals surface area (Å²) in [5, 5.41) is 17.3. The van der Waals surface area contributed by atoms with Crippen LogP contribution in [0.4, 0.5) is 34.6 Å². The van der Waals surface area contributed by atoms with E-state index in [-0.39, 0.29) is 34.7 Å². The second-order valence-corrected chi connectivity index (χ2v) is 6.13. The first-order chi connectivity index (χ1) is 14.0. The molecule has 0 heterocycles. The Bertz CT molecular complexity index is 962. The third kappa shape index (κ3) is 6.43. The molecule has 2 amide bonds. The van der Waals surface area contributed by atoms with Crippen LogP contribution in [0.5, 0.6) is 0 Å². The highest BCUT2D eigenvalue weighted by molar-refractivity contribution is 5.96. The van der Waals surface area contributed by atoms with Gasteiger partial charge in [0.2, 0.25) is 5.91 Å². The summed E-state index contributed by atoms with van der Waals surface area (Å²) < 4.78 is 50.7. The Kier molecular flexibility index (Phi) is 6.93. The number of anilines is 2. The van der Waals surface area contributed by atoms with Crippen LogP contribution >= 0.6 is 0 Å². The molecule has 0 fully saturated rings. The van der Waals surface area contributed by atoms with Crippen LogP contribution < -0.4 is 16.0 Å². The number of halogens is 4. The summed E-state index contributed by atoms with van der Waals surface area (Å²) in [7, 11) is 0. The maximum atomic E-state index is 14.1. The van der Waals surface area contributed by atoms with Crippen LogP contribution in [-0.2, 0) is 4.79 Å². The van der Waals surface area contributed by atoms with E-state index in [1.54, 1.807) is 5.32 Å². The van der Waals surface area contributed by atoms with Crippen molar-refractivity contribution in [3.8, 4) is 0 Å². The molecule has 8 nitrogen and oxygen atoms in total. The van der Waals surface area contributed by atoms with E-state index >= 15 is 0 Å². The van der Waals surface area contributed by atoms with Gasteiger partial charge in [-0.1, -0.05) is 0 Å². The van der Waals surface area contributed by atoms with Gasteiger partial charge in [0.05, 0.1) is 11.5 Å². The van der Waals surface area contributed by atoms with Gasteiger partial charge in [0.15, 0.2) is 0 Å². The minimum atomic E-state index is -4.62. The number of nitrogens with one attached hydrogen (secondary N) is 3. The fourth-order valence-corrected chi connectivity index (χ4v) is 2.32. The van der Waals surface area contributed by atoms with Gasteiger partial charge in [0.25, 0.3) is 11.6 Å². The van der Waals surface area contributed by atoms with Gasteiger partial charge in [0, 0.05) is 34.6 Å². The van der Waals surface area contributed by atoms with Gasteiger partial charge in [-0.15, -0.1) is 0 Å². The quantitative estimate of drug-likeness (QED) is 0.356. The van der Waals surface area contributed by atoms with E-state index in [0.717, 1.165) is 12.1 Å². The summed E-state index contributed by atoms with van der Waals surface area (Å²) in [5.41, 5.74) is -0.106. The lowest BCUT2D eigenvalue weighted by molar-refractivity contribution is -0.384. The molecule has 0 aromatic heterocycles. The Hall–Kier alpha value is -3.70. The van der Waals surface area contributed by atoms with E-state index in [1.165, 1.54) is 31.2 Å². The zero-order valence-corrected chi connectivity index (χ0v) is 15.5. The number of nitro benzene ring substituents is 1. The fraction of sp³-hybridized carbons (Fsp3) is 0.222. The van der Waals surface area contributed by atoms with Crippen LogP contribution in [0.2, 0.25) is 0 Å². The van der Waals surface area contributed by atoms with Crippen molar-refractivity contribution < 1.29 is 32.1 Å². The van der Waals surface area contributed by atoms with Crippen molar-refractivity contribution in [2.75, 3.05) is 23.7 Å². The average molecular weight is 428 g/mol. The highest BCUT2D eigenvalue weighted by Crippen LogP contribution is 2.21. The van der Waals surface area contributed by atoms with Crippen molar-refractivity contribution in [2.24, 2.45) is 0 Å². The third-order valence-corrected chi connectivity index (χ3v) is 3.86. The predicted molar refractivity (Wildman–Crippen MR) is 99.7 cm³/mol. The van der Waals surface area contributed by atoms with Crippen molar-refractivity contribution in [2.45, 2.75) is 13.1 Å². The van der Waals surface area contributed by atoms with E-state index in [1.807, 2.05) is 0 Å². The third-order valence-electron chi connectivity index (χ3n) is 3.86. The lowest BCUT2D eigenvalue weighted by Crippen LogP contribution is -2.33. The number of benzene rings is 2. The molecule has 0 saturated heterocycles. The maximum Gasteiger partial charge on any atom is 0.405 e. The monoisotopic (exact) mass is 428 g/mol. The zero-order chi connectivity index (χ0) is 22.5. The largest absolute Gasteiger partial charge is 0.405 e. The molecule has 0 spiro atoms. The summed E-state index contributed by atoms with van der Waals surface area (Å²) in [6.45, 7) is -0.560. The van der Waals surface area contributed by atoms with Gasteiger partial charge < -0.3 is 16.0 Å². The van der Waals surface area contributed by atoms with Gasteiger partial charge >= 0.3 is 6.18 Å². The molecule has 0 radical (unpaired) electrons. The Morgan fingerprint density at radius 3 is 2.33 bits per heavy atom. The van der Waals surface area contributed by atoms with Crippen LogP contribution in [0.1, 0.15) is 15.9 Å². The van der Waals surface area contributed by atoms with E-state index in [4.69, 9.17) is 0 Å². The van der Waals surface area contributed by atoms with Crippen LogP contribution in [0.25, 0.3) is 0 Å². The molecule has 2 aromatic rings. The molecule has 2 aromatic carbocycles. The molecule has 0 aliphatic heterocycles. The topological polar surface area (TPSA) is 113 Å². The lowest BCUT2D eigenvalue weighted by Gasteiger charge is -2.13. The minimum absolute atomic E-state index is 0.0472.